The molecule has 0 aliphatic carbocycles. The number of hydrogen-bond acceptors (Lipinski definition) is 3. The van der Waals surface area contributed by atoms with Crippen molar-refractivity contribution in [2.45, 2.75) is 13.3 Å². The van der Waals surface area contributed by atoms with E-state index in [-0.39, 0.29) is 18.4 Å². The van der Waals surface area contributed by atoms with Crippen LogP contribution >= 0.6 is 0 Å². The van der Waals surface area contributed by atoms with Gasteiger partial charge in [-0.25, -0.2) is 4.98 Å². The molecule has 0 bridgehead atoms. The van der Waals surface area contributed by atoms with Crippen LogP contribution in [0.5, 0.6) is 0 Å². The van der Waals surface area contributed by atoms with E-state index in [0.717, 1.165) is 5.65 Å². The molecule has 1 unspecified atom stereocenters. The molecule has 96 valence electrons. The van der Waals surface area contributed by atoms with E-state index in [1.807, 2.05) is 23.7 Å². The van der Waals surface area contributed by atoms with Crippen molar-refractivity contribution < 1.29 is 9.90 Å². The zero-order valence-corrected chi connectivity index (χ0v) is 10.3. The maximum absolute atomic E-state index is 11.9. The summed E-state index contributed by atoms with van der Waals surface area (Å²) in [5.74, 6) is 0.166. The van der Waals surface area contributed by atoms with E-state index in [9.17, 15) is 4.79 Å². The van der Waals surface area contributed by atoms with Gasteiger partial charge in [0.1, 0.15) is 5.65 Å². The van der Waals surface area contributed by atoms with E-state index in [1.54, 1.807) is 18.3 Å². The second-order valence-electron chi connectivity index (χ2n) is 4.44. The fourth-order valence-corrected chi connectivity index (χ4v) is 1.74. The number of nitrogens with zero attached hydrogens (tertiary/aromatic N) is 2. The van der Waals surface area contributed by atoms with Crippen LogP contribution in [0.4, 0.5) is 0 Å². The van der Waals surface area contributed by atoms with Gasteiger partial charge in [-0.15, -0.1) is 0 Å². The van der Waals surface area contributed by atoms with Crippen LogP contribution < -0.4 is 5.32 Å². The number of pyridine rings is 1. The van der Waals surface area contributed by atoms with Gasteiger partial charge in [0.05, 0.1) is 0 Å². The molecule has 1 atom stereocenters. The van der Waals surface area contributed by atoms with Crippen LogP contribution in [-0.4, -0.2) is 33.6 Å². The van der Waals surface area contributed by atoms with E-state index in [1.165, 1.54) is 0 Å². The van der Waals surface area contributed by atoms with Crippen molar-refractivity contribution in [1.29, 1.82) is 0 Å². The minimum absolute atomic E-state index is 0.106. The molecule has 0 fully saturated rings. The molecule has 0 aliphatic heterocycles. The maximum Gasteiger partial charge on any atom is 0.251 e. The summed E-state index contributed by atoms with van der Waals surface area (Å²) >= 11 is 0. The maximum atomic E-state index is 11.9. The van der Waals surface area contributed by atoms with Crippen LogP contribution in [0.1, 0.15) is 23.7 Å². The third kappa shape index (κ3) is 2.87. The fourth-order valence-electron chi connectivity index (χ4n) is 1.74. The zero-order chi connectivity index (χ0) is 13.0. The van der Waals surface area contributed by atoms with E-state index in [2.05, 4.69) is 10.3 Å². The lowest BCUT2D eigenvalue weighted by molar-refractivity contribution is 0.0945. The summed E-state index contributed by atoms with van der Waals surface area (Å²) in [4.78, 5) is 16.0. The lowest BCUT2D eigenvalue weighted by Gasteiger charge is -2.11. The summed E-state index contributed by atoms with van der Waals surface area (Å²) in [6, 6.07) is 3.52. The molecular formula is C13H17N3O2. The molecule has 2 rings (SSSR count). The minimum atomic E-state index is -0.106. The smallest absolute Gasteiger partial charge is 0.251 e. The highest BCUT2D eigenvalue weighted by Crippen LogP contribution is 2.06. The first-order valence-corrected chi connectivity index (χ1v) is 6.02. The van der Waals surface area contributed by atoms with E-state index < -0.39 is 0 Å². The van der Waals surface area contributed by atoms with Crippen molar-refractivity contribution in [1.82, 2.24) is 14.7 Å². The number of hydrogen-bond donors (Lipinski definition) is 2. The van der Waals surface area contributed by atoms with Gasteiger partial charge < -0.3 is 14.8 Å². The Labute approximate surface area is 105 Å². The van der Waals surface area contributed by atoms with Crippen molar-refractivity contribution in [2.75, 3.05) is 13.2 Å². The molecule has 0 saturated carbocycles. The summed E-state index contributed by atoms with van der Waals surface area (Å²) in [6.45, 7) is 2.71. The largest absolute Gasteiger partial charge is 0.396 e. The lowest BCUT2D eigenvalue weighted by Crippen LogP contribution is -2.28. The summed E-state index contributed by atoms with van der Waals surface area (Å²) < 4.78 is 1.85. The third-order valence-corrected chi connectivity index (χ3v) is 2.89. The summed E-state index contributed by atoms with van der Waals surface area (Å²) in [6.07, 6.45) is 6.04. The van der Waals surface area contributed by atoms with Crippen molar-refractivity contribution in [3.05, 3.63) is 36.3 Å². The molecule has 2 aromatic rings. The molecule has 0 aromatic carbocycles. The Balaban J connectivity index is 1.99. The number of fused-ring (bicyclic) bond motifs is 1. The Morgan fingerprint density at radius 3 is 3.17 bits per heavy atom. The van der Waals surface area contributed by atoms with Crippen LogP contribution in [0.25, 0.3) is 5.65 Å². The fraction of sp³-hybridized carbons (Fsp3) is 0.385. The standard InChI is InChI=1S/C13H17N3O2/c1-10(3-7-17)9-15-13(18)11-2-5-16-6-4-14-12(16)8-11/h2,4-6,8,10,17H,3,7,9H2,1H3,(H,15,18). The number of imidazole rings is 1. The predicted molar refractivity (Wildman–Crippen MR) is 68.4 cm³/mol. The van der Waals surface area contributed by atoms with Gasteiger partial charge in [-0.05, 0) is 24.5 Å². The van der Waals surface area contributed by atoms with Gasteiger partial charge in [-0.1, -0.05) is 6.92 Å². The molecule has 2 N–H and O–H groups in total. The van der Waals surface area contributed by atoms with Crippen LogP contribution in [0, 0.1) is 5.92 Å². The topological polar surface area (TPSA) is 66.6 Å². The molecule has 5 nitrogen and oxygen atoms in total. The molecule has 0 saturated heterocycles. The normalized spacial score (nSPS) is 12.6. The van der Waals surface area contributed by atoms with Gasteiger partial charge in [0, 0.05) is 37.3 Å². The predicted octanol–water partition coefficient (Wildman–Crippen LogP) is 1.08. The molecule has 0 spiro atoms. The number of aromatic nitrogens is 2. The van der Waals surface area contributed by atoms with Crippen molar-refractivity contribution in [2.24, 2.45) is 5.92 Å². The number of amides is 1. The average molecular weight is 247 g/mol. The van der Waals surface area contributed by atoms with Gasteiger partial charge in [-0.2, -0.15) is 0 Å². The highest BCUT2D eigenvalue weighted by Gasteiger charge is 2.08. The second kappa shape index (κ2) is 5.64. The molecule has 5 heteroatoms. The summed E-state index contributed by atoms with van der Waals surface area (Å²) in [5, 5.41) is 11.6. The number of carbonyl (C=O) groups is 1. The Bertz CT molecular complexity index is 536. The monoisotopic (exact) mass is 247 g/mol. The summed E-state index contributed by atoms with van der Waals surface area (Å²) in [7, 11) is 0. The van der Waals surface area contributed by atoms with Gasteiger partial charge in [0.15, 0.2) is 0 Å². The highest BCUT2D eigenvalue weighted by atomic mass is 16.3. The Morgan fingerprint density at radius 1 is 1.56 bits per heavy atom. The van der Waals surface area contributed by atoms with Gasteiger partial charge in [-0.3, -0.25) is 4.79 Å². The van der Waals surface area contributed by atoms with Crippen molar-refractivity contribution >= 4 is 11.6 Å². The third-order valence-electron chi connectivity index (χ3n) is 2.89. The van der Waals surface area contributed by atoms with Gasteiger partial charge >= 0.3 is 0 Å². The zero-order valence-electron chi connectivity index (χ0n) is 10.3. The Kier molecular flexibility index (Phi) is 3.94. The van der Waals surface area contributed by atoms with E-state index >= 15 is 0 Å². The number of aliphatic hydroxyl groups excluding tert-OH is 1. The van der Waals surface area contributed by atoms with Crippen LogP contribution in [-0.2, 0) is 0 Å². The first-order chi connectivity index (χ1) is 8.70. The van der Waals surface area contributed by atoms with Gasteiger partial charge in [0.25, 0.3) is 5.91 Å². The molecular weight excluding hydrogens is 230 g/mol. The van der Waals surface area contributed by atoms with Crippen LogP contribution in [0.3, 0.4) is 0 Å². The first kappa shape index (κ1) is 12.6. The van der Waals surface area contributed by atoms with Crippen LogP contribution in [0.15, 0.2) is 30.7 Å². The van der Waals surface area contributed by atoms with E-state index in [0.29, 0.717) is 18.5 Å². The summed E-state index contributed by atoms with van der Waals surface area (Å²) in [5.41, 5.74) is 1.36. The molecule has 18 heavy (non-hydrogen) atoms. The molecule has 0 radical (unpaired) electrons. The quantitative estimate of drug-likeness (QED) is 0.831. The Morgan fingerprint density at radius 2 is 2.39 bits per heavy atom. The molecule has 0 aliphatic rings. The molecule has 1 amide bonds. The van der Waals surface area contributed by atoms with Crippen molar-refractivity contribution in [3.63, 3.8) is 0 Å². The molecule has 2 heterocycles. The number of aliphatic hydroxyl groups is 1. The van der Waals surface area contributed by atoms with Crippen LogP contribution in [0.2, 0.25) is 0 Å². The molecule has 2 aromatic heterocycles. The number of rotatable bonds is 5. The number of nitrogens with one attached hydrogen (secondary N) is 1. The second-order valence-corrected chi connectivity index (χ2v) is 4.44. The average Bonchev–Trinajstić information content (AvgIpc) is 2.83. The van der Waals surface area contributed by atoms with E-state index in [4.69, 9.17) is 5.11 Å². The Hall–Kier alpha value is -1.88. The minimum Gasteiger partial charge on any atom is -0.396 e. The SMILES string of the molecule is CC(CCO)CNC(=O)c1ccn2ccnc2c1. The van der Waals surface area contributed by atoms with Gasteiger partial charge in [0.2, 0.25) is 0 Å². The van der Waals surface area contributed by atoms with Crippen molar-refractivity contribution in [3.8, 4) is 0 Å². The lowest BCUT2D eigenvalue weighted by atomic mass is 10.1. The number of carbonyl (C=O) groups excluding carboxylic acids is 1. The first-order valence-electron chi connectivity index (χ1n) is 6.02. The highest BCUT2D eigenvalue weighted by molar-refractivity contribution is 5.94.